The van der Waals surface area contributed by atoms with Crippen molar-refractivity contribution in [3.63, 3.8) is 0 Å². The molecule has 0 radical (unpaired) electrons. The largest absolute Gasteiger partial charge is 0.355 e. The molecule has 4 heterocycles. The number of aromatic nitrogens is 3. The van der Waals surface area contributed by atoms with Crippen molar-refractivity contribution in [3.8, 4) is 0 Å². The Labute approximate surface area is 161 Å². The Kier molecular flexibility index (Phi) is 5.00. The zero-order valence-electron chi connectivity index (χ0n) is 16.9. The molecule has 0 atom stereocenters. The molecule has 6 nitrogen and oxygen atoms in total. The van der Waals surface area contributed by atoms with Crippen LogP contribution in [0.5, 0.6) is 0 Å². The fourth-order valence-corrected chi connectivity index (χ4v) is 4.27. The normalized spacial score (nSPS) is 18.6. The van der Waals surface area contributed by atoms with Gasteiger partial charge in [0.1, 0.15) is 5.69 Å². The number of aliphatic imine (C=N–C) groups is 1. The highest BCUT2D eigenvalue weighted by molar-refractivity contribution is 6.01. The van der Waals surface area contributed by atoms with Crippen LogP contribution >= 0.6 is 0 Å². The zero-order chi connectivity index (χ0) is 19.0. The molecule has 0 aliphatic carbocycles. The lowest BCUT2D eigenvalue weighted by Crippen LogP contribution is -2.43. The van der Waals surface area contributed by atoms with Crippen molar-refractivity contribution < 1.29 is 0 Å². The summed E-state index contributed by atoms with van der Waals surface area (Å²) in [5.74, 6) is 1.15. The molecule has 0 bridgehead atoms. The molecule has 0 spiro atoms. The molecule has 0 aromatic carbocycles. The molecule has 2 aliphatic rings. The Morgan fingerprint density at radius 3 is 2.63 bits per heavy atom. The van der Waals surface area contributed by atoms with Gasteiger partial charge < -0.3 is 9.80 Å². The van der Waals surface area contributed by atoms with Crippen LogP contribution in [0.4, 0.5) is 5.82 Å². The van der Waals surface area contributed by atoms with Gasteiger partial charge in [-0.05, 0) is 59.2 Å². The highest BCUT2D eigenvalue weighted by atomic mass is 15.4. The van der Waals surface area contributed by atoms with Crippen molar-refractivity contribution in [2.75, 3.05) is 32.1 Å². The molecule has 27 heavy (non-hydrogen) atoms. The van der Waals surface area contributed by atoms with Crippen LogP contribution in [0, 0.1) is 6.92 Å². The van der Waals surface area contributed by atoms with Gasteiger partial charge in [0.05, 0.1) is 22.6 Å². The van der Waals surface area contributed by atoms with E-state index in [2.05, 4.69) is 59.4 Å². The van der Waals surface area contributed by atoms with Crippen molar-refractivity contribution >= 4 is 17.0 Å². The summed E-state index contributed by atoms with van der Waals surface area (Å²) in [6.07, 6.45) is 9.27. The molecule has 0 amide bonds. The number of piperidine rings is 1. The predicted molar refractivity (Wildman–Crippen MR) is 111 cm³/mol. The van der Waals surface area contributed by atoms with Crippen LogP contribution < -0.4 is 4.90 Å². The lowest BCUT2D eigenvalue weighted by atomic mass is 10.0. The van der Waals surface area contributed by atoms with Crippen LogP contribution in [0.2, 0.25) is 0 Å². The van der Waals surface area contributed by atoms with E-state index in [1.807, 2.05) is 6.20 Å². The number of fused-ring (bicyclic) bond motifs is 1. The van der Waals surface area contributed by atoms with Crippen LogP contribution in [-0.2, 0) is 6.42 Å². The van der Waals surface area contributed by atoms with Crippen molar-refractivity contribution in [2.24, 2.45) is 4.99 Å². The number of nitrogens with zero attached hydrogens (tertiary/aromatic N) is 6. The summed E-state index contributed by atoms with van der Waals surface area (Å²) in [4.78, 5) is 14.3. The van der Waals surface area contributed by atoms with E-state index in [4.69, 9.17) is 10.1 Å². The van der Waals surface area contributed by atoms with Crippen LogP contribution in [0.1, 0.15) is 49.7 Å². The van der Waals surface area contributed by atoms with E-state index in [0.29, 0.717) is 6.04 Å². The highest BCUT2D eigenvalue weighted by Gasteiger charge is 2.25. The van der Waals surface area contributed by atoms with Gasteiger partial charge in [0.15, 0.2) is 5.82 Å². The minimum atomic E-state index is 0.663. The molecule has 0 N–H and O–H groups in total. The molecule has 6 heteroatoms. The van der Waals surface area contributed by atoms with Gasteiger partial charge >= 0.3 is 0 Å². The van der Waals surface area contributed by atoms with Crippen molar-refractivity contribution in [1.82, 2.24) is 19.5 Å². The van der Waals surface area contributed by atoms with Gasteiger partial charge in [0.25, 0.3) is 0 Å². The van der Waals surface area contributed by atoms with Crippen LogP contribution in [0.3, 0.4) is 0 Å². The summed E-state index contributed by atoms with van der Waals surface area (Å²) >= 11 is 0. The van der Waals surface area contributed by atoms with Crippen LogP contribution in [0.15, 0.2) is 23.3 Å². The number of hydrogen-bond acceptors (Lipinski definition) is 5. The van der Waals surface area contributed by atoms with Crippen molar-refractivity contribution in [3.05, 3.63) is 35.4 Å². The second-order valence-corrected chi connectivity index (χ2v) is 7.83. The van der Waals surface area contributed by atoms with Crippen LogP contribution in [-0.4, -0.2) is 58.4 Å². The third kappa shape index (κ3) is 3.38. The Morgan fingerprint density at radius 1 is 1.22 bits per heavy atom. The molecular weight excluding hydrogens is 336 g/mol. The predicted octanol–water partition coefficient (Wildman–Crippen LogP) is 3.23. The van der Waals surface area contributed by atoms with E-state index < -0.39 is 0 Å². The Balaban J connectivity index is 1.76. The average molecular weight is 367 g/mol. The quantitative estimate of drug-likeness (QED) is 0.834. The third-order valence-electron chi connectivity index (χ3n) is 5.84. The number of rotatable bonds is 4. The van der Waals surface area contributed by atoms with Gasteiger partial charge in [0.2, 0.25) is 0 Å². The summed E-state index contributed by atoms with van der Waals surface area (Å²) in [6, 6.07) is 2.84. The fraction of sp³-hybridized carbons (Fsp3) is 0.571. The van der Waals surface area contributed by atoms with Crippen LogP contribution in [0.25, 0.3) is 5.52 Å². The van der Waals surface area contributed by atoms with E-state index in [-0.39, 0.29) is 0 Å². The van der Waals surface area contributed by atoms with Gasteiger partial charge in [0, 0.05) is 25.3 Å². The topological polar surface area (TPSA) is 49.0 Å². The maximum atomic E-state index is 5.00. The Hall–Kier alpha value is -2.21. The second-order valence-electron chi connectivity index (χ2n) is 7.83. The molecule has 0 saturated carbocycles. The number of allylic oxidation sites excluding steroid dienone is 1. The second kappa shape index (κ2) is 7.43. The number of anilines is 1. The van der Waals surface area contributed by atoms with Gasteiger partial charge in [-0.15, -0.1) is 0 Å². The minimum Gasteiger partial charge on any atom is -0.355 e. The molecule has 144 valence electrons. The summed E-state index contributed by atoms with van der Waals surface area (Å²) in [5, 5.41) is 5.00. The van der Waals surface area contributed by atoms with Crippen molar-refractivity contribution in [2.45, 2.75) is 52.0 Å². The first-order valence-corrected chi connectivity index (χ1v) is 10.1. The maximum absolute atomic E-state index is 5.00. The summed E-state index contributed by atoms with van der Waals surface area (Å²) in [6.45, 7) is 6.38. The summed E-state index contributed by atoms with van der Waals surface area (Å²) in [7, 11) is 4.36. The minimum absolute atomic E-state index is 0.663. The summed E-state index contributed by atoms with van der Waals surface area (Å²) < 4.78 is 2.13. The first-order chi connectivity index (χ1) is 13.1. The Bertz CT molecular complexity index is 884. The number of hydrogen-bond donors (Lipinski definition) is 0. The van der Waals surface area contributed by atoms with E-state index >= 15 is 0 Å². The Morgan fingerprint density at radius 2 is 2.00 bits per heavy atom. The monoisotopic (exact) mass is 366 g/mol. The average Bonchev–Trinajstić information content (AvgIpc) is 3.13. The van der Waals surface area contributed by atoms with Gasteiger partial charge in [-0.25, -0.2) is 4.52 Å². The van der Waals surface area contributed by atoms with Crippen molar-refractivity contribution in [1.29, 1.82) is 0 Å². The molecular formula is C21H30N6. The van der Waals surface area contributed by atoms with E-state index in [1.54, 1.807) is 0 Å². The molecule has 2 aromatic heterocycles. The van der Waals surface area contributed by atoms with E-state index in [1.165, 1.54) is 12.8 Å². The molecule has 0 unspecified atom stereocenters. The molecule has 1 saturated heterocycles. The molecule has 2 aromatic rings. The lowest BCUT2D eigenvalue weighted by molar-refractivity contribution is 0.249. The first kappa shape index (κ1) is 18.2. The molecule has 2 aliphatic heterocycles. The lowest BCUT2D eigenvalue weighted by Gasteiger charge is -2.36. The molecule has 1 fully saturated rings. The standard InChI is InChI=1S/C21H30N6/c1-5-17-20-14-19(18-8-6-7-11-22-18)24-27(20)21(15(2)23-17)26-12-9-16(10-13-26)25(3)4/h7,11,14,16H,5-6,8-10,12-13H2,1-4H3. The van der Waals surface area contributed by atoms with Gasteiger partial charge in [-0.3, -0.25) is 9.98 Å². The third-order valence-corrected chi connectivity index (χ3v) is 5.84. The van der Waals surface area contributed by atoms with E-state index in [9.17, 15) is 0 Å². The van der Waals surface area contributed by atoms with Gasteiger partial charge in [-0.2, -0.15) is 5.10 Å². The SMILES string of the molecule is CCc1nc(C)c(N2CCC(N(C)C)CC2)n2nc(C3=NC=CCC3)cc12. The molecule has 4 rings (SSSR count). The smallest absolute Gasteiger partial charge is 0.152 e. The number of aryl methyl sites for hydroxylation is 2. The highest BCUT2D eigenvalue weighted by Crippen LogP contribution is 2.28. The fourth-order valence-electron chi connectivity index (χ4n) is 4.27. The summed E-state index contributed by atoms with van der Waals surface area (Å²) in [5.41, 5.74) is 5.39. The zero-order valence-corrected chi connectivity index (χ0v) is 16.9. The first-order valence-electron chi connectivity index (χ1n) is 10.1. The van der Waals surface area contributed by atoms with Gasteiger partial charge in [-0.1, -0.05) is 13.0 Å². The van der Waals surface area contributed by atoms with E-state index in [0.717, 1.165) is 66.5 Å². The maximum Gasteiger partial charge on any atom is 0.152 e.